The minimum Gasteiger partial charge on any atom is -0.462 e. The number of benzene rings is 5. The molecular weight excluding hydrogens is 801 g/mol. The van der Waals surface area contributed by atoms with Gasteiger partial charge in [0.05, 0.1) is 48.7 Å². The highest BCUT2D eigenvalue weighted by molar-refractivity contribution is 6.38. The second kappa shape index (κ2) is 25.1. The monoisotopic (exact) mass is 877 g/mol. The third-order valence-electron chi connectivity index (χ3n) is 13.8. The second-order valence-electron chi connectivity index (χ2n) is 18.2. The minimum atomic E-state index is -0.483. The number of ether oxygens (including phenoxy) is 4. The summed E-state index contributed by atoms with van der Waals surface area (Å²) in [5.74, 6) is -0.982. The van der Waals surface area contributed by atoms with Gasteiger partial charge in [-0.3, -0.25) is 0 Å². The van der Waals surface area contributed by atoms with Crippen LogP contribution in [0.15, 0.2) is 48.5 Å². The number of unbranched alkanes of at least 4 members (excludes halogenated alkanes) is 4. The average molecular weight is 877 g/mol. The summed E-state index contributed by atoms with van der Waals surface area (Å²) in [6.07, 6.45) is 16.0. The predicted octanol–water partition coefficient (Wildman–Crippen LogP) is 15.2. The standard InChI is InChI=1S/C56H76O8/c1-9-17-21-37(13-5)33-61-53(57)45-29-25-41-43-27-31-47(55(59)63-35-39(15-7)23-19-11-3)52-48(56(60)64-36-40(16-8)24-20-12-4)32-28-44(50(43)52)42-26-30-46(51(45)49(41)42)54(58)62-34-38(14-6)22-18-10-2/h25-32,37-40H,9-24,33-36H2,1-8H3/t37-,38-,39-,40-/m1/s1. The molecule has 0 bridgehead atoms. The lowest BCUT2D eigenvalue weighted by atomic mass is 9.84. The molecule has 0 fully saturated rings. The maximum absolute atomic E-state index is 14.3. The Labute approximate surface area is 382 Å². The summed E-state index contributed by atoms with van der Waals surface area (Å²) >= 11 is 0. The number of hydrogen-bond donors (Lipinski definition) is 0. The van der Waals surface area contributed by atoms with Gasteiger partial charge in [0.15, 0.2) is 0 Å². The van der Waals surface area contributed by atoms with Crippen LogP contribution in [0.1, 0.15) is 200 Å². The molecule has 0 radical (unpaired) electrons. The zero-order valence-electron chi connectivity index (χ0n) is 40.3. The topological polar surface area (TPSA) is 105 Å². The molecule has 0 aliphatic carbocycles. The van der Waals surface area contributed by atoms with Gasteiger partial charge in [0.1, 0.15) is 0 Å². The highest BCUT2D eigenvalue weighted by Crippen LogP contribution is 2.45. The highest BCUT2D eigenvalue weighted by Gasteiger charge is 2.29. The number of esters is 4. The van der Waals surface area contributed by atoms with Gasteiger partial charge in [0.2, 0.25) is 0 Å². The third kappa shape index (κ3) is 11.9. The van der Waals surface area contributed by atoms with Crippen LogP contribution in [0, 0.1) is 23.7 Å². The Balaban J connectivity index is 1.73. The van der Waals surface area contributed by atoms with E-state index >= 15 is 0 Å². The molecule has 0 unspecified atom stereocenters. The lowest BCUT2D eigenvalue weighted by Gasteiger charge is -2.22. The summed E-state index contributed by atoms with van der Waals surface area (Å²) in [6, 6.07) is 14.6. The van der Waals surface area contributed by atoms with E-state index in [0.717, 1.165) is 135 Å². The van der Waals surface area contributed by atoms with Crippen molar-refractivity contribution in [2.75, 3.05) is 26.4 Å². The van der Waals surface area contributed by atoms with Crippen LogP contribution < -0.4 is 0 Å². The molecule has 0 saturated heterocycles. The SMILES string of the molecule is CCCC[C@@H](CC)COC(=O)c1ccc2c3ccc(C(=O)OC[C@H](CC)CCCC)c4c(C(=O)OC[C@H](CC)CCCC)ccc(c5ccc(C(=O)OC[C@H](CC)CCCC)c1c25)c43. The van der Waals surface area contributed by atoms with Gasteiger partial charge in [-0.25, -0.2) is 19.2 Å². The average Bonchev–Trinajstić information content (AvgIpc) is 3.32. The van der Waals surface area contributed by atoms with Gasteiger partial charge in [0.25, 0.3) is 0 Å². The summed E-state index contributed by atoms with van der Waals surface area (Å²) < 4.78 is 24.3. The van der Waals surface area contributed by atoms with Crippen LogP contribution >= 0.6 is 0 Å². The molecule has 8 nitrogen and oxygen atoms in total. The molecule has 8 heteroatoms. The number of carbonyl (C=O) groups excluding carboxylic acids is 4. The Hall–Kier alpha value is -4.72. The summed E-state index contributed by atoms with van der Waals surface area (Å²) in [5.41, 5.74) is 1.22. The fourth-order valence-electron chi connectivity index (χ4n) is 9.25. The third-order valence-corrected chi connectivity index (χ3v) is 13.8. The van der Waals surface area contributed by atoms with Gasteiger partial charge in [-0.15, -0.1) is 0 Å². The molecule has 0 N–H and O–H groups in total. The van der Waals surface area contributed by atoms with Gasteiger partial charge in [-0.05, 0) is 106 Å². The molecular formula is C56H76O8. The maximum atomic E-state index is 14.3. The molecule has 64 heavy (non-hydrogen) atoms. The summed E-state index contributed by atoms with van der Waals surface area (Å²) in [7, 11) is 0. The molecule has 0 aliphatic heterocycles. The first-order chi connectivity index (χ1) is 31.1. The van der Waals surface area contributed by atoms with Crippen LogP contribution in [0.4, 0.5) is 0 Å². The maximum Gasteiger partial charge on any atom is 0.338 e. The van der Waals surface area contributed by atoms with E-state index in [9.17, 15) is 19.2 Å². The van der Waals surface area contributed by atoms with E-state index in [4.69, 9.17) is 18.9 Å². The smallest absolute Gasteiger partial charge is 0.338 e. The number of carbonyl (C=O) groups is 4. The molecule has 348 valence electrons. The van der Waals surface area contributed by atoms with E-state index in [-0.39, 0.29) is 23.7 Å². The predicted molar refractivity (Wildman–Crippen MR) is 262 cm³/mol. The molecule has 5 aromatic carbocycles. The Morgan fingerprint density at radius 1 is 0.344 bits per heavy atom. The van der Waals surface area contributed by atoms with E-state index < -0.39 is 23.9 Å². The lowest BCUT2D eigenvalue weighted by molar-refractivity contribution is 0.0414. The van der Waals surface area contributed by atoms with Gasteiger partial charge in [-0.1, -0.05) is 157 Å². The molecule has 0 amide bonds. The van der Waals surface area contributed by atoms with Crippen LogP contribution in [0.3, 0.4) is 0 Å². The van der Waals surface area contributed by atoms with Crippen molar-refractivity contribution in [2.45, 2.75) is 158 Å². The van der Waals surface area contributed by atoms with Crippen molar-refractivity contribution < 1.29 is 38.1 Å². The van der Waals surface area contributed by atoms with Crippen molar-refractivity contribution in [3.63, 3.8) is 0 Å². The molecule has 5 aromatic rings. The molecule has 0 spiro atoms. The summed E-state index contributed by atoms with van der Waals surface area (Å²) in [4.78, 5) is 57.1. The quantitative estimate of drug-likeness (QED) is 0.0212. The molecule has 0 aromatic heterocycles. The second-order valence-corrected chi connectivity index (χ2v) is 18.2. The Kier molecular flexibility index (Phi) is 19.7. The molecule has 4 atom stereocenters. The number of fused-ring (bicyclic) bond motifs is 2. The zero-order valence-corrected chi connectivity index (χ0v) is 40.3. The van der Waals surface area contributed by atoms with Gasteiger partial charge >= 0.3 is 23.9 Å². The zero-order chi connectivity index (χ0) is 46.2. The fraction of sp³-hybridized carbons (Fsp3) is 0.571. The van der Waals surface area contributed by atoms with Crippen molar-refractivity contribution in [2.24, 2.45) is 23.7 Å². The molecule has 5 rings (SSSR count). The Bertz CT molecular complexity index is 1990. The van der Waals surface area contributed by atoms with E-state index in [0.29, 0.717) is 59.5 Å². The fourth-order valence-corrected chi connectivity index (χ4v) is 9.25. The van der Waals surface area contributed by atoms with Gasteiger partial charge in [-0.2, -0.15) is 0 Å². The van der Waals surface area contributed by atoms with Crippen molar-refractivity contribution in [3.05, 3.63) is 70.8 Å². The molecule has 0 heterocycles. The van der Waals surface area contributed by atoms with Gasteiger partial charge in [0, 0.05) is 10.8 Å². The first kappa shape index (κ1) is 50.3. The first-order valence-electron chi connectivity index (χ1n) is 25.0. The van der Waals surface area contributed by atoms with Crippen molar-refractivity contribution in [1.82, 2.24) is 0 Å². The van der Waals surface area contributed by atoms with Crippen molar-refractivity contribution in [3.8, 4) is 0 Å². The molecule has 0 aliphatic rings. The van der Waals surface area contributed by atoms with Crippen LogP contribution in [0.5, 0.6) is 0 Å². The van der Waals surface area contributed by atoms with Crippen LogP contribution in [0.25, 0.3) is 43.1 Å². The summed E-state index contributed by atoms with van der Waals surface area (Å²) in [5, 5.41) is 5.52. The first-order valence-corrected chi connectivity index (χ1v) is 25.0. The Morgan fingerprint density at radius 3 is 0.750 bits per heavy atom. The van der Waals surface area contributed by atoms with Gasteiger partial charge < -0.3 is 18.9 Å². The van der Waals surface area contributed by atoms with E-state index in [2.05, 4.69) is 55.4 Å². The van der Waals surface area contributed by atoms with E-state index in [1.165, 1.54) is 0 Å². The van der Waals surface area contributed by atoms with Crippen molar-refractivity contribution >= 4 is 67.0 Å². The lowest BCUT2D eigenvalue weighted by Crippen LogP contribution is -2.17. The van der Waals surface area contributed by atoms with Crippen molar-refractivity contribution in [1.29, 1.82) is 0 Å². The largest absolute Gasteiger partial charge is 0.462 e. The number of hydrogen-bond acceptors (Lipinski definition) is 8. The van der Waals surface area contributed by atoms with Crippen LogP contribution in [-0.2, 0) is 18.9 Å². The summed E-state index contributed by atoms with van der Waals surface area (Å²) in [6.45, 7) is 18.3. The van der Waals surface area contributed by atoms with Crippen LogP contribution in [0.2, 0.25) is 0 Å². The highest BCUT2D eigenvalue weighted by atomic mass is 16.5. The normalized spacial score (nSPS) is 13.6. The Morgan fingerprint density at radius 2 is 0.562 bits per heavy atom. The van der Waals surface area contributed by atoms with E-state index in [1.807, 2.05) is 24.3 Å². The number of rotatable bonds is 28. The molecule has 0 saturated carbocycles. The van der Waals surface area contributed by atoms with E-state index in [1.54, 1.807) is 24.3 Å². The van der Waals surface area contributed by atoms with Crippen LogP contribution in [-0.4, -0.2) is 50.3 Å². The minimum absolute atomic E-state index is 0.238.